The zero-order chi connectivity index (χ0) is 36.9. The highest BCUT2D eigenvalue weighted by Gasteiger charge is 2.43. The fourth-order valence-electron chi connectivity index (χ4n) is 9.81. The van der Waals surface area contributed by atoms with Crippen LogP contribution in [-0.2, 0) is 10.8 Å². The zero-order valence-electron chi connectivity index (χ0n) is 31.2. The molecule has 1 atom stereocenters. The van der Waals surface area contributed by atoms with Gasteiger partial charge in [-0.05, 0) is 105 Å². The maximum Gasteiger partial charge on any atom is 0.0640 e. The van der Waals surface area contributed by atoms with Crippen LogP contribution in [0.3, 0.4) is 0 Å². The molecule has 1 unspecified atom stereocenters. The molecular formula is C53H39NS. The first-order valence-corrected chi connectivity index (χ1v) is 20.1. The number of hydrogen-bond acceptors (Lipinski definition) is 2. The molecule has 0 saturated carbocycles. The number of thiophene rings is 1. The van der Waals surface area contributed by atoms with Crippen LogP contribution in [0.5, 0.6) is 0 Å². The monoisotopic (exact) mass is 721 g/mol. The molecule has 55 heavy (non-hydrogen) atoms. The lowest BCUT2D eigenvalue weighted by atomic mass is 9.74. The first-order chi connectivity index (χ1) is 26.9. The summed E-state index contributed by atoms with van der Waals surface area (Å²) in [6.07, 6.45) is 0. The fraction of sp³-hybridized carbons (Fsp3) is 0.0943. The van der Waals surface area contributed by atoms with E-state index in [1.807, 2.05) is 11.3 Å². The van der Waals surface area contributed by atoms with Gasteiger partial charge in [-0.15, -0.1) is 11.3 Å². The van der Waals surface area contributed by atoms with Crippen LogP contribution in [0, 0.1) is 0 Å². The summed E-state index contributed by atoms with van der Waals surface area (Å²) < 4.78 is 2.61. The molecule has 262 valence electrons. The number of anilines is 3. The number of fused-ring (bicyclic) bond motifs is 9. The highest BCUT2D eigenvalue weighted by atomic mass is 32.1. The van der Waals surface area contributed by atoms with Gasteiger partial charge in [-0.25, -0.2) is 0 Å². The predicted molar refractivity (Wildman–Crippen MR) is 234 cm³/mol. The quantitative estimate of drug-likeness (QED) is 0.171. The first kappa shape index (κ1) is 32.2. The Balaban J connectivity index is 1.19. The van der Waals surface area contributed by atoms with Crippen molar-refractivity contribution in [3.8, 4) is 33.4 Å². The van der Waals surface area contributed by atoms with Crippen LogP contribution in [0.4, 0.5) is 17.1 Å². The molecule has 1 heterocycles. The molecule has 0 bridgehead atoms. The Morgan fingerprint density at radius 2 is 1.04 bits per heavy atom. The Morgan fingerprint density at radius 3 is 1.85 bits per heavy atom. The molecule has 1 nitrogen and oxygen atoms in total. The predicted octanol–water partition coefficient (Wildman–Crippen LogP) is 14.8. The number of benzene rings is 8. The number of hydrogen-bond donors (Lipinski definition) is 0. The maximum atomic E-state index is 2.53. The van der Waals surface area contributed by atoms with E-state index < -0.39 is 0 Å². The van der Waals surface area contributed by atoms with Crippen molar-refractivity contribution in [1.29, 1.82) is 0 Å². The Bertz CT molecular complexity index is 2970. The molecule has 11 rings (SSSR count). The summed E-state index contributed by atoms with van der Waals surface area (Å²) in [6.45, 7) is 7.18. The lowest BCUT2D eigenvalue weighted by molar-refractivity contribution is 0.660. The Morgan fingerprint density at radius 1 is 0.436 bits per heavy atom. The third-order valence-electron chi connectivity index (χ3n) is 12.6. The van der Waals surface area contributed by atoms with Crippen LogP contribution in [0.25, 0.3) is 53.6 Å². The largest absolute Gasteiger partial charge is 0.309 e. The summed E-state index contributed by atoms with van der Waals surface area (Å²) in [5, 5.41) is 2.61. The smallest absolute Gasteiger partial charge is 0.0640 e. The van der Waals surface area contributed by atoms with E-state index in [0.717, 1.165) is 5.69 Å². The van der Waals surface area contributed by atoms with Crippen LogP contribution < -0.4 is 4.90 Å². The number of nitrogens with zero attached hydrogens (tertiary/aromatic N) is 1. The van der Waals surface area contributed by atoms with Gasteiger partial charge in [-0.1, -0.05) is 159 Å². The van der Waals surface area contributed by atoms with E-state index in [9.17, 15) is 0 Å². The van der Waals surface area contributed by atoms with E-state index in [2.05, 4.69) is 208 Å². The summed E-state index contributed by atoms with van der Waals surface area (Å²) in [6, 6.07) is 67.9. The second-order valence-electron chi connectivity index (χ2n) is 15.8. The van der Waals surface area contributed by atoms with Crippen molar-refractivity contribution in [2.24, 2.45) is 0 Å². The van der Waals surface area contributed by atoms with Crippen molar-refractivity contribution in [3.05, 3.63) is 210 Å². The Labute approximate surface area is 326 Å². The second kappa shape index (κ2) is 11.9. The molecule has 2 heteroatoms. The molecule has 9 aromatic rings. The second-order valence-corrected chi connectivity index (χ2v) is 16.9. The average Bonchev–Trinajstić information content (AvgIpc) is 3.83. The van der Waals surface area contributed by atoms with Crippen LogP contribution in [0.1, 0.15) is 48.6 Å². The van der Waals surface area contributed by atoms with Crippen molar-refractivity contribution >= 4 is 48.6 Å². The fourth-order valence-corrected chi connectivity index (χ4v) is 11.0. The SMILES string of the molecule is CC1(C)c2ccccc2-c2ccc(N(c3ccc4c(c3)C(C)(c3ccccc3)c3cccc(-c5ccccc5)c3-4)c3cccc4c3sc3ccccc34)cc21. The van der Waals surface area contributed by atoms with Gasteiger partial charge in [-0.3, -0.25) is 0 Å². The topological polar surface area (TPSA) is 3.24 Å². The van der Waals surface area contributed by atoms with Gasteiger partial charge in [0.25, 0.3) is 0 Å². The van der Waals surface area contributed by atoms with Gasteiger partial charge >= 0.3 is 0 Å². The molecule has 8 aromatic carbocycles. The van der Waals surface area contributed by atoms with Crippen LogP contribution in [0.15, 0.2) is 182 Å². The van der Waals surface area contributed by atoms with E-state index in [0.29, 0.717) is 0 Å². The van der Waals surface area contributed by atoms with Gasteiger partial charge in [0.1, 0.15) is 0 Å². The van der Waals surface area contributed by atoms with Crippen LogP contribution in [0.2, 0.25) is 0 Å². The van der Waals surface area contributed by atoms with Gasteiger partial charge in [0.15, 0.2) is 0 Å². The summed E-state index contributed by atoms with van der Waals surface area (Å²) in [7, 11) is 0. The van der Waals surface area contributed by atoms with Gasteiger partial charge in [0.05, 0.1) is 10.4 Å². The highest BCUT2D eigenvalue weighted by Crippen LogP contribution is 2.57. The maximum absolute atomic E-state index is 2.53. The molecule has 0 saturated heterocycles. The molecule has 2 aliphatic rings. The minimum atomic E-state index is -0.358. The average molecular weight is 722 g/mol. The summed E-state index contributed by atoms with van der Waals surface area (Å²) in [4.78, 5) is 2.53. The summed E-state index contributed by atoms with van der Waals surface area (Å²) in [5.41, 5.74) is 17.6. The highest BCUT2D eigenvalue weighted by molar-refractivity contribution is 7.26. The van der Waals surface area contributed by atoms with Gasteiger partial charge in [0, 0.05) is 37.7 Å². The van der Waals surface area contributed by atoms with E-state index in [1.54, 1.807) is 0 Å². The lowest BCUT2D eigenvalue weighted by Gasteiger charge is -2.31. The molecule has 0 radical (unpaired) electrons. The van der Waals surface area contributed by atoms with Crippen molar-refractivity contribution in [2.45, 2.75) is 31.6 Å². The van der Waals surface area contributed by atoms with Crippen LogP contribution >= 0.6 is 11.3 Å². The molecule has 2 aliphatic carbocycles. The van der Waals surface area contributed by atoms with E-state index in [-0.39, 0.29) is 10.8 Å². The molecule has 0 spiro atoms. The number of rotatable bonds is 5. The van der Waals surface area contributed by atoms with E-state index in [4.69, 9.17) is 0 Å². The normalized spacial score (nSPS) is 16.1. The molecule has 0 aliphatic heterocycles. The van der Waals surface area contributed by atoms with Gasteiger partial charge in [0.2, 0.25) is 0 Å². The molecule has 0 fully saturated rings. The molecule has 1 aromatic heterocycles. The van der Waals surface area contributed by atoms with Crippen molar-refractivity contribution in [3.63, 3.8) is 0 Å². The van der Waals surface area contributed by atoms with E-state index >= 15 is 0 Å². The molecular weight excluding hydrogens is 683 g/mol. The van der Waals surface area contributed by atoms with Crippen molar-refractivity contribution in [2.75, 3.05) is 4.90 Å². The van der Waals surface area contributed by atoms with Crippen molar-refractivity contribution in [1.82, 2.24) is 0 Å². The van der Waals surface area contributed by atoms with Gasteiger partial charge < -0.3 is 4.90 Å². The standard InChI is InChI=1S/C53H39NS/c1-52(2)44-24-12-10-20-39(44)40-30-28-36(32-46(40)52)54(48-26-15-23-42-41-21-11-13-27-49(41)55-51(42)48)37-29-31-43-47(33-37)53(3,35-18-8-5-9-19-35)45-25-14-22-38(50(43)45)34-16-6-4-7-17-34/h4-33H,1-3H3. The summed E-state index contributed by atoms with van der Waals surface area (Å²) in [5.74, 6) is 0. The van der Waals surface area contributed by atoms with E-state index in [1.165, 1.54) is 92.7 Å². The Hall–Kier alpha value is -6.22. The van der Waals surface area contributed by atoms with Crippen LogP contribution in [-0.4, -0.2) is 0 Å². The molecule has 0 amide bonds. The summed E-state index contributed by atoms with van der Waals surface area (Å²) >= 11 is 1.89. The third-order valence-corrected chi connectivity index (χ3v) is 13.8. The lowest BCUT2D eigenvalue weighted by Crippen LogP contribution is -2.23. The minimum Gasteiger partial charge on any atom is -0.309 e. The zero-order valence-corrected chi connectivity index (χ0v) is 32.0. The molecule has 0 N–H and O–H groups in total. The Kier molecular flexibility index (Phi) is 6.97. The van der Waals surface area contributed by atoms with Crippen molar-refractivity contribution < 1.29 is 0 Å². The first-order valence-electron chi connectivity index (χ1n) is 19.3. The van der Waals surface area contributed by atoms with Gasteiger partial charge in [-0.2, -0.15) is 0 Å². The third kappa shape index (κ3) is 4.59. The minimum absolute atomic E-state index is 0.115.